The van der Waals surface area contributed by atoms with Crippen LogP contribution in [0.25, 0.3) is 0 Å². The number of halogens is 3. The molecule has 0 aliphatic heterocycles. The Morgan fingerprint density at radius 2 is 2.06 bits per heavy atom. The molecule has 0 saturated carbocycles. The van der Waals surface area contributed by atoms with Crippen LogP contribution in [0.2, 0.25) is 0 Å². The monoisotopic (exact) mass is 248 g/mol. The van der Waals surface area contributed by atoms with Gasteiger partial charge in [-0.05, 0) is 26.0 Å². The van der Waals surface area contributed by atoms with Gasteiger partial charge in [0.15, 0.2) is 0 Å². The summed E-state index contributed by atoms with van der Waals surface area (Å²) in [6.07, 6.45) is -4.27. The summed E-state index contributed by atoms with van der Waals surface area (Å²) in [6, 6.07) is 4.39. The van der Waals surface area contributed by atoms with E-state index in [9.17, 15) is 13.2 Å². The fourth-order valence-corrected chi connectivity index (χ4v) is 1.38. The molecular formula is C10H15F3N4. The van der Waals surface area contributed by atoms with Crippen LogP contribution in [0, 0.1) is 0 Å². The Labute approximate surface area is 97.6 Å². The Hall–Kier alpha value is -1.50. The molecule has 3 N–H and O–H groups in total. The normalized spacial score (nSPS) is 11.7. The van der Waals surface area contributed by atoms with Gasteiger partial charge >= 0.3 is 6.18 Å². The SMILES string of the molecule is CC(C)N(CC(F)(F)F)c1cccc(NN)n1. The molecular weight excluding hydrogens is 233 g/mol. The van der Waals surface area contributed by atoms with Crippen molar-refractivity contribution in [2.24, 2.45) is 5.84 Å². The molecule has 1 rings (SSSR count). The van der Waals surface area contributed by atoms with E-state index in [2.05, 4.69) is 10.4 Å². The van der Waals surface area contributed by atoms with E-state index < -0.39 is 12.7 Å². The predicted molar refractivity (Wildman–Crippen MR) is 60.6 cm³/mol. The maximum Gasteiger partial charge on any atom is 0.405 e. The van der Waals surface area contributed by atoms with E-state index in [0.717, 1.165) is 0 Å². The minimum Gasteiger partial charge on any atom is -0.345 e. The van der Waals surface area contributed by atoms with Gasteiger partial charge in [0.05, 0.1) is 0 Å². The summed E-state index contributed by atoms with van der Waals surface area (Å²) in [4.78, 5) is 5.15. The average molecular weight is 248 g/mol. The first kappa shape index (κ1) is 13.6. The van der Waals surface area contributed by atoms with Crippen molar-refractivity contribution in [1.29, 1.82) is 0 Å². The lowest BCUT2D eigenvalue weighted by Crippen LogP contribution is -2.39. The van der Waals surface area contributed by atoms with Crippen LogP contribution < -0.4 is 16.2 Å². The molecule has 0 fully saturated rings. The van der Waals surface area contributed by atoms with Crippen LogP contribution in [-0.2, 0) is 0 Å². The zero-order valence-electron chi connectivity index (χ0n) is 9.62. The number of nitrogen functional groups attached to an aromatic ring is 1. The topological polar surface area (TPSA) is 54.2 Å². The molecule has 0 aliphatic rings. The van der Waals surface area contributed by atoms with Gasteiger partial charge in [-0.2, -0.15) is 13.2 Å². The molecule has 0 bridgehead atoms. The van der Waals surface area contributed by atoms with Gasteiger partial charge in [0.2, 0.25) is 0 Å². The molecule has 4 nitrogen and oxygen atoms in total. The number of pyridine rings is 1. The molecule has 0 aromatic carbocycles. The molecule has 1 aromatic rings. The highest BCUT2D eigenvalue weighted by Crippen LogP contribution is 2.23. The summed E-state index contributed by atoms with van der Waals surface area (Å²) < 4.78 is 37.3. The molecule has 1 heterocycles. The van der Waals surface area contributed by atoms with Crippen LogP contribution in [0.5, 0.6) is 0 Å². The number of anilines is 2. The number of nitrogens with zero attached hydrogens (tertiary/aromatic N) is 2. The van der Waals surface area contributed by atoms with Crippen LogP contribution in [-0.4, -0.2) is 23.7 Å². The number of aromatic nitrogens is 1. The number of nitrogens with one attached hydrogen (secondary N) is 1. The van der Waals surface area contributed by atoms with Gasteiger partial charge in [-0.15, -0.1) is 0 Å². The number of alkyl halides is 3. The molecule has 1 aromatic heterocycles. The first-order chi connectivity index (χ1) is 7.83. The molecule has 17 heavy (non-hydrogen) atoms. The van der Waals surface area contributed by atoms with E-state index in [0.29, 0.717) is 5.82 Å². The number of rotatable bonds is 4. The Balaban J connectivity index is 2.97. The Kier molecular flexibility index (Phi) is 4.17. The summed E-state index contributed by atoms with van der Waals surface area (Å²) in [5, 5.41) is 0. The van der Waals surface area contributed by atoms with Crippen molar-refractivity contribution in [3.05, 3.63) is 18.2 Å². The van der Waals surface area contributed by atoms with Crippen molar-refractivity contribution in [3.63, 3.8) is 0 Å². The van der Waals surface area contributed by atoms with Crippen LogP contribution in [0.1, 0.15) is 13.8 Å². The van der Waals surface area contributed by atoms with Gasteiger partial charge in [0.25, 0.3) is 0 Å². The second kappa shape index (κ2) is 5.22. The third-order valence-corrected chi connectivity index (χ3v) is 2.15. The van der Waals surface area contributed by atoms with Gasteiger partial charge < -0.3 is 10.3 Å². The van der Waals surface area contributed by atoms with Crippen molar-refractivity contribution in [3.8, 4) is 0 Å². The third-order valence-electron chi connectivity index (χ3n) is 2.15. The number of hydrogen-bond acceptors (Lipinski definition) is 4. The fourth-order valence-electron chi connectivity index (χ4n) is 1.38. The van der Waals surface area contributed by atoms with Crippen LogP contribution in [0.15, 0.2) is 18.2 Å². The second-order valence-corrected chi connectivity index (χ2v) is 3.86. The highest BCUT2D eigenvalue weighted by molar-refractivity contribution is 5.47. The first-order valence-corrected chi connectivity index (χ1v) is 5.10. The number of hydrazine groups is 1. The highest BCUT2D eigenvalue weighted by atomic mass is 19.4. The Morgan fingerprint density at radius 3 is 2.53 bits per heavy atom. The van der Waals surface area contributed by atoms with Gasteiger partial charge in [0, 0.05) is 6.04 Å². The zero-order chi connectivity index (χ0) is 13.1. The summed E-state index contributed by atoms with van der Waals surface area (Å²) in [5.41, 5.74) is 2.30. The molecule has 0 atom stereocenters. The van der Waals surface area contributed by atoms with Gasteiger partial charge in [-0.1, -0.05) is 6.07 Å². The van der Waals surface area contributed by atoms with E-state index >= 15 is 0 Å². The molecule has 0 aliphatic carbocycles. The van der Waals surface area contributed by atoms with E-state index in [1.165, 1.54) is 11.0 Å². The number of hydrogen-bond donors (Lipinski definition) is 2. The fraction of sp³-hybridized carbons (Fsp3) is 0.500. The molecule has 7 heteroatoms. The quantitative estimate of drug-likeness (QED) is 0.633. The lowest BCUT2D eigenvalue weighted by Gasteiger charge is -2.28. The molecule has 0 amide bonds. The summed E-state index contributed by atoms with van der Waals surface area (Å²) in [5.74, 6) is 5.74. The van der Waals surface area contributed by atoms with Crippen LogP contribution >= 0.6 is 0 Å². The Morgan fingerprint density at radius 1 is 1.41 bits per heavy atom. The second-order valence-electron chi connectivity index (χ2n) is 3.86. The van der Waals surface area contributed by atoms with Gasteiger partial charge in [-0.3, -0.25) is 0 Å². The van der Waals surface area contributed by atoms with Crippen molar-refractivity contribution in [1.82, 2.24) is 4.98 Å². The highest BCUT2D eigenvalue weighted by Gasteiger charge is 2.32. The minimum absolute atomic E-state index is 0.243. The average Bonchev–Trinajstić information content (AvgIpc) is 2.24. The molecule has 96 valence electrons. The molecule has 0 saturated heterocycles. The maximum absolute atomic E-state index is 12.4. The molecule has 0 radical (unpaired) electrons. The van der Waals surface area contributed by atoms with E-state index in [1.54, 1.807) is 26.0 Å². The standard InChI is InChI=1S/C10H15F3N4/c1-7(2)17(6-10(11,12)13)9-5-3-4-8(15-9)16-14/h3-5,7H,6,14H2,1-2H3,(H,15,16). The zero-order valence-corrected chi connectivity index (χ0v) is 9.62. The first-order valence-electron chi connectivity index (χ1n) is 5.10. The lowest BCUT2D eigenvalue weighted by molar-refractivity contribution is -0.120. The van der Waals surface area contributed by atoms with Crippen molar-refractivity contribution in [2.45, 2.75) is 26.1 Å². The Bertz CT molecular complexity index is 365. The van der Waals surface area contributed by atoms with Gasteiger partial charge in [0.1, 0.15) is 18.2 Å². The maximum atomic E-state index is 12.4. The summed E-state index contributed by atoms with van der Waals surface area (Å²) >= 11 is 0. The molecule has 0 unspecified atom stereocenters. The van der Waals surface area contributed by atoms with E-state index in [1.807, 2.05) is 0 Å². The van der Waals surface area contributed by atoms with Crippen molar-refractivity contribution < 1.29 is 13.2 Å². The lowest BCUT2D eigenvalue weighted by atomic mass is 10.3. The van der Waals surface area contributed by atoms with E-state index in [-0.39, 0.29) is 11.9 Å². The summed E-state index contributed by atoms with van der Waals surface area (Å²) in [6.45, 7) is 2.32. The largest absolute Gasteiger partial charge is 0.405 e. The molecule has 0 spiro atoms. The van der Waals surface area contributed by atoms with Crippen molar-refractivity contribution in [2.75, 3.05) is 16.9 Å². The smallest absolute Gasteiger partial charge is 0.345 e. The van der Waals surface area contributed by atoms with Gasteiger partial charge in [-0.25, -0.2) is 10.8 Å². The summed E-state index contributed by atoms with van der Waals surface area (Å²) in [7, 11) is 0. The van der Waals surface area contributed by atoms with Crippen LogP contribution in [0.4, 0.5) is 24.8 Å². The van der Waals surface area contributed by atoms with E-state index in [4.69, 9.17) is 5.84 Å². The third kappa shape index (κ3) is 4.10. The minimum atomic E-state index is -4.27. The van der Waals surface area contributed by atoms with Crippen LogP contribution in [0.3, 0.4) is 0 Å². The number of nitrogens with two attached hydrogens (primary N) is 1. The van der Waals surface area contributed by atoms with Crippen molar-refractivity contribution >= 4 is 11.6 Å². The predicted octanol–water partition coefficient (Wildman–Crippen LogP) is 2.14.